The van der Waals surface area contributed by atoms with Crippen LogP contribution in [-0.4, -0.2) is 36.2 Å². The van der Waals surface area contributed by atoms with Crippen molar-refractivity contribution in [3.8, 4) is 16.3 Å². The van der Waals surface area contributed by atoms with Crippen LogP contribution in [0, 0.1) is 19.1 Å². The SMILES string of the molecule is Cc1c(-c2cc(C(=O)N(C)[O-])c3c(O[C@@H](C)c4ccc(C5COC5)cc4)ccc(C)c3n2)sc2ccccc12. The average molecular weight is 538 g/mol. The number of hydrogen-bond acceptors (Lipinski definition) is 6. The van der Waals surface area contributed by atoms with E-state index in [9.17, 15) is 10.0 Å². The van der Waals surface area contributed by atoms with Crippen LogP contribution in [-0.2, 0) is 4.74 Å². The van der Waals surface area contributed by atoms with E-state index in [1.807, 2.05) is 38.1 Å². The van der Waals surface area contributed by atoms with Crippen molar-refractivity contribution in [3.05, 3.63) is 99.8 Å². The number of fused-ring (bicyclic) bond motifs is 2. The predicted molar refractivity (Wildman–Crippen MR) is 157 cm³/mol. The van der Waals surface area contributed by atoms with E-state index in [4.69, 9.17) is 14.5 Å². The number of carbonyl (C=O) groups is 1. The summed E-state index contributed by atoms with van der Waals surface area (Å²) >= 11 is 1.64. The summed E-state index contributed by atoms with van der Waals surface area (Å²) in [6.07, 6.45) is -0.278. The Labute approximate surface area is 231 Å². The summed E-state index contributed by atoms with van der Waals surface area (Å²) in [5.74, 6) is 0.355. The molecule has 1 saturated heterocycles. The molecule has 0 N–H and O–H groups in total. The zero-order valence-corrected chi connectivity index (χ0v) is 23.2. The van der Waals surface area contributed by atoms with E-state index in [0.717, 1.165) is 44.9 Å². The maximum absolute atomic E-state index is 13.3. The quantitative estimate of drug-likeness (QED) is 0.209. The van der Waals surface area contributed by atoms with Gasteiger partial charge in [0.15, 0.2) is 0 Å². The van der Waals surface area contributed by atoms with Gasteiger partial charge >= 0.3 is 0 Å². The molecule has 39 heavy (non-hydrogen) atoms. The van der Waals surface area contributed by atoms with Gasteiger partial charge in [-0.05, 0) is 73.7 Å². The molecular weight excluding hydrogens is 508 g/mol. The number of pyridine rings is 1. The molecule has 1 aliphatic heterocycles. The molecule has 1 atom stereocenters. The molecule has 1 amide bonds. The zero-order valence-electron chi connectivity index (χ0n) is 22.4. The Kier molecular flexibility index (Phi) is 6.59. The summed E-state index contributed by atoms with van der Waals surface area (Å²) in [6.45, 7) is 7.54. The third kappa shape index (κ3) is 4.56. The van der Waals surface area contributed by atoms with Gasteiger partial charge in [-0.1, -0.05) is 48.5 Å². The summed E-state index contributed by atoms with van der Waals surface area (Å²) in [5.41, 5.74) is 5.90. The van der Waals surface area contributed by atoms with Crippen LogP contribution < -0.4 is 4.74 Å². The molecule has 0 aliphatic carbocycles. The number of benzene rings is 3. The lowest BCUT2D eigenvalue weighted by Gasteiger charge is -2.27. The molecule has 1 fully saturated rings. The number of ether oxygens (including phenoxy) is 2. The molecule has 0 radical (unpaired) electrons. The predicted octanol–water partition coefficient (Wildman–Crippen LogP) is 7.56. The lowest BCUT2D eigenvalue weighted by Crippen LogP contribution is -2.24. The van der Waals surface area contributed by atoms with Crippen LogP contribution in [0.4, 0.5) is 0 Å². The van der Waals surface area contributed by atoms with Gasteiger partial charge < -0.3 is 19.7 Å². The highest BCUT2D eigenvalue weighted by atomic mass is 32.1. The molecule has 198 valence electrons. The Hall–Kier alpha value is -3.78. The van der Waals surface area contributed by atoms with E-state index in [2.05, 4.69) is 43.3 Å². The Morgan fingerprint density at radius 2 is 1.85 bits per heavy atom. The van der Waals surface area contributed by atoms with E-state index < -0.39 is 5.91 Å². The highest BCUT2D eigenvalue weighted by Crippen LogP contribution is 2.41. The normalized spacial score (nSPS) is 14.4. The van der Waals surface area contributed by atoms with Gasteiger partial charge in [0, 0.05) is 10.6 Å². The fraction of sp³-hybridized carbons (Fsp3) is 0.250. The minimum atomic E-state index is -0.627. The van der Waals surface area contributed by atoms with Crippen molar-refractivity contribution in [2.75, 3.05) is 20.3 Å². The first kappa shape index (κ1) is 25.5. The summed E-state index contributed by atoms with van der Waals surface area (Å²) in [7, 11) is 1.23. The molecule has 0 unspecified atom stereocenters. The lowest BCUT2D eigenvalue weighted by atomic mass is 9.96. The number of hydroxylamine groups is 2. The standard InChI is InChI=1S/C32H29N2O4S/c1-18-9-14-27(38-20(3)21-10-12-22(13-11-21)23-16-37-17-23)29-25(32(35)34(4)36)15-26(33-30(18)29)31-19(2)24-7-5-6-8-28(24)39-31/h5-15,20,23H,16-17H2,1-4H3/q-1/t20-/m0/s1. The molecule has 3 heterocycles. The molecule has 3 aromatic carbocycles. The summed E-state index contributed by atoms with van der Waals surface area (Å²) in [6, 6.07) is 22.2. The highest BCUT2D eigenvalue weighted by Gasteiger charge is 2.23. The first-order chi connectivity index (χ1) is 18.8. The second kappa shape index (κ2) is 10.1. The zero-order chi connectivity index (χ0) is 27.3. The molecule has 0 bridgehead atoms. The Bertz CT molecular complexity index is 1700. The van der Waals surface area contributed by atoms with E-state index in [-0.39, 0.29) is 11.7 Å². The van der Waals surface area contributed by atoms with Gasteiger partial charge in [0.2, 0.25) is 5.91 Å². The Morgan fingerprint density at radius 1 is 1.10 bits per heavy atom. The second-order valence-electron chi connectivity index (χ2n) is 10.2. The van der Waals surface area contributed by atoms with Crippen LogP contribution in [0.15, 0.2) is 66.7 Å². The highest BCUT2D eigenvalue weighted by molar-refractivity contribution is 7.22. The second-order valence-corrected chi connectivity index (χ2v) is 11.2. The van der Waals surface area contributed by atoms with Crippen molar-refractivity contribution in [1.29, 1.82) is 0 Å². The number of thiophene rings is 1. The fourth-order valence-corrected chi connectivity index (χ4v) is 6.31. The van der Waals surface area contributed by atoms with Crippen LogP contribution >= 0.6 is 11.3 Å². The van der Waals surface area contributed by atoms with Crippen molar-refractivity contribution >= 4 is 38.2 Å². The smallest absolute Gasteiger partial charge is 0.243 e. The van der Waals surface area contributed by atoms with Crippen molar-refractivity contribution in [1.82, 2.24) is 10.0 Å². The van der Waals surface area contributed by atoms with Gasteiger partial charge in [0.25, 0.3) is 0 Å². The van der Waals surface area contributed by atoms with E-state index in [1.165, 1.54) is 12.6 Å². The third-order valence-corrected chi connectivity index (χ3v) is 8.83. The van der Waals surface area contributed by atoms with Gasteiger partial charge in [-0.2, -0.15) is 0 Å². The molecular formula is C32H29N2O4S-. The van der Waals surface area contributed by atoms with Crippen molar-refractivity contribution in [3.63, 3.8) is 0 Å². The fourth-order valence-electron chi connectivity index (χ4n) is 5.14. The molecule has 5 aromatic rings. The first-order valence-corrected chi connectivity index (χ1v) is 13.9. The summed E-state index contributed by atoms with van der Waals surface area (Å²) < 4.78 is 12.9. The first-order valence-electron chi connectivity index (χ1n) is 13.0. The molecule has 6 rings (SSSR count). The van der Waals surface area contributed by atoms with E-state index in [1.54, 1.807) is 17.4 Å². The van der Waals surface area contributed by atoms with Crippen molar-refractivity contribution < 1.29 is 14.3 Å². The Morgan fingerprint density at radius 3 is 2.51 bits per heavy atom. The number of amides is 1. The van der Waals surface area contributed by atoms with Gasteiger partial charge in [-0.25, -0.2) is 4.98 Å². The monoisotopic (exact) mass is 537 g/mol. The number of carbonyl (C=O) groups excluding carboxylic acids is 1. The molecule has 7 heteroatoms. The minimum Gasteiger partial charge on any atom is -0.756 e. The number of aryl methyl sites for hydroxylation is 2. The largest absolute Gasteiger partial charge is 0.756 e. The van der Waals surface area contributed by atoms with E-state index in [0.29, 0.717) is 33.3 Å². The van der Waals surface area contributed by atoms with Crippen LogP contribution in [0.25, 0.3) is 31.6 Å². The topological polar surface area (TPSA) is 74.7 Å². The number of rotatable bonds is 6. The number of nitrogens with zero attached hydrogens (tertiary/aromatic N) is 2. The molecule has 1 aliphatic rings. The molecule has 2 aromatic heterocycles. The van der Waals surface area contributed by atoms with Crippen LogP contribution in [0.1, 0.15) is 51.6 Å². The average Bonchev–Trinajstić information content (AvgIpc) is 3.25. The number of aromatic nitrogens is 1. The third-order valence-electron chi connectivity index (χ3n) is 7.54. The minimum absolute atomic E-state index is 0.278. The van der Waals surface area contributed by atoms with Crippen LogP contribution in [0.2, 0.25) is 0 Å². The molecule has 6 nitrogen and oxygen atoms in total. The van der Waals surface area contributed by atoms with Crippen LogP contribution in [0.5, 0.6) is 5.75 Å². The molecule has 0 spiro atoms. The van der Waals surface area contributed by atoms with Crippen LogP contribution in [0.3, 0.4) is 0 Å². The number of hydrogen-bond donors (Lipinski definition) is 0. The summed E-state index contributed by atoms with van der Waals surface area (Å²) in [5, 5.41) is 14.4. The van der Waals surface area contributed by atoms with Crippen molar-refractivity contribution in [2.45, 2.75) is 32.8 Å². The Balaban J connectivity index is 1.46. The maximum atomic E-state index is 13.3. The van der Waals surface area contributed by atoms with E-state index >= 15 is 0 Å². The maximum Gasteiger partial charge on any atom is 0.243 e. The summed E-state index contributed by atoms with van der Waals surface area (Å²) in [4.78, 5) is 19.3. The van der Waals surface area contributed by atoms with Gasteiger partial charge in [0.05, 0.1) is 40.3 Å². The van der Waals surface area contributed by atoms with Gasteiger partial charge in [-0.3, -0.25) is 4.79 Å². The molecule has 0 saturated carbocycles. The van der Waals surface area contributed by atoms with Crippen molar-refractivity contribution in [2.24, 2.45) is 0 Å². The lowest BCUT2D eigenvalue weighted by molar-refractivity contribution is 0.00840. The van der Waals surface area contributed by atoms with Gasteiger partial charge in [-0.15, -0.1) is 11.3 Å². The van der Waals surface area contributed by atoms with Gasteiger partial charge in [0.1, 0.15) is 11.9 Å².